The Labute approximate surface area is 143 Å². The summed E-state index contributed by atoms with van der Waals surface area (Å²) in [6, 6.07) is 0. The van der Waals surface area contributed by atoms with Crippen LogP contribution in [0.15, 0.2) is 6.20 Å². The van der Waals surface area contributed by atoms with Crippen molar-refractivity contribution in [3.8, 4) is 0 Å². The summed E-state index contributed by atoms with van der Waals surface area (Å²) in [5, 5.41) is 11.5. The summed E-state index contributed by atoms with van der Waals surface area (Å²) in [7, 11) is 0. The van der Waals surface area contributed by atoms with E-state index in [0.29, 0.717) is 0 Å². The highest BCUT2D eigenvalue weighted by molar-refractivity contribution is 7.11. The van der Waals surface area contributed by atoms with Crippen molar-refractivity contribution in [2.75, 3.05) is 19.7 Å². The maximum absolute atomic E-state index is 10.3. The van der Waals surface area contributed by atoms with Gasteiger partial charge in [-0.25, -0.2) is 4.98 Å². The number of hydrogen-bond acceptors (Lipinski definition) is 5. The van der Waals surface area contributed by atoms with Crippen molar-refractivity contribution in [2.24, 2.45) is 5.41 Å². The quantitative estimate of drug-likeness (QED) is 0.916. The molecule has 1 saturated heterocycles. The molecule has 0 radical (unpaired) electrons. The lowest BCUT2D eigenvalue weighted by Gasteiger charge is -2.56. The normalized spacial score (nSPS) is 28.0. The lowest BCUT2D eigenvalue weighted by atomic mass is 9.58. The zero-order valence-corrected chi connectivity index (χ0v) is 15.7. The van der Waals surface area contributed by atoms with Crippen LogP contribution in [0.2, 0.25) is 0 Å². The van der Waals surface area contributed by atoms with Crippen LogP contribution in [0.3, 0.4) is 0 Å². The van der Waals surface area contributed by atoms with Gasteiger partial charge in [-0.1, -0.05) is 20.8 Å². The second-order valence-corrected chi connectivity index (χ2v) is 9.19. The predicted octanol–water partition coefficient (Wildman–Crippen LogP) is 3.19. The molecule has 1 aromatic rings. The van der Waals surface area contributed by atoms with E-state index in [4.69, 9.17) is 4.74 Å². The SMILES string of the molecule is CCOC1CC(O)C12CCN(Cc1ncc(C(C)(C)C)s1)CC2. The number of aliphatic hydroxyl groups is 1. The van der Waals surface area contributed by atoms with Crippen LogP contribution in [0.4, 0.5) is 0 Å². The highest BCUT2D eigenvalue weighted by Gasteiger charge is 2.55. The van der Waals surface area contributed by atoms with E-state index in [2.05, 4.69) is 30.7 Å². The molecule has 1 spiro atoms. The van der Waals surface area contributed by atoms with Crippen molar-refractivity contribution in [1.82, 2.24) is 9.88 Å². The summed E-state index contributed by atoms with van der Waals surface area (Å²) in [5.74, 6) is 0. The first-order valence-electron chi connectivity index (χ1n) is 8.82. The number of thiazole rings is 1. The van der Waals surface area contributed by atoms with Crippen molar-refractivity contribution in [3.05, 3.63) is 16.1 Å². The summed E-state index contributed by atoms with van der Waals surface area (Å²) in [5.41, 5.74) is 0.203. The van der Waals surface area contributed by atoms with Gasteiger partial charge in [0.2, 0.25) is 0 Å². The third-order valence-electron chi connectivity index (χ3n) is 5.55. The van der Waals surface area contributed by atoms with Crippen molar-refractivity contribution in [2.45, 2.75) is 71.1 Å². The fourth-order valence-electron chi connectivity index (χ4n) is 3.87. The average Bonchev–Trinajstić information content (AvgIpc) is 2.97. The smallest absolute Gasteiger partial charge is 0.107 e. The minimum atomic E-state index is -0.173. The minimum Gasteiger partial charge on any atom is -0.392 e. The van der Waals surface area contributed by atoms with E-state index in [0.717, 1.165) is 45.5 Å². The Morgan fingerprint density at radius 2 is 2.09 bits per heavy atom. The van der Waals surface area contributed by atoms with Gasteiger partial charge in [-0.05, 0) is 38.3 Å². The minimum absolute atomic E-state index is 0.0198. The molecule has 0 amide bonds. The molecule has 1 saturated carbocycles. The van der Waals surface area contributed by atoms with E-state index < -0.39 is 0 Å². The van der Waals surface area contributed by atoms with Crippen LogP contribution in [0.1, 0.15) is 56.8 Å². The Hall–Kier alpha value is -0.490. The number of hydrogen-bond donors (Lipinski definition) is 1. The van der Waals surface area contributed by atoms with Crippen molar-refractivity contribution >= 4 is 11.3 Å². The molecule has 0 aromatic carbocycles. The molecule has 130 valence electrons. The van der Waals surface area contributed by atoms with E-state index in [-0.39, 0.29) is 23.0 Å². The Bertz CT molecular complexity index is 527. The molecule has 4 nitrogen and oxygen atoms in total. The largest absolute Gasteiger partial charge is 0.392 e. The Kier molecular flexibility index (Phi) is 4.85. The van der Waals surface area contributed by atoms with Crippen LogP contribution in [0, 0.1) is 5.41 Å². The maximum atomic E-state index is 10.3. The molecule has 1 aromatic heterocycles. The molecule has 2 atom stereocenters. The Balaban J connectivity index is 1.56. The number of aromatic nitrogens is 1. The molecule has 5 heteroatoms. The van der Waals surface area contributed by atoms with Gasteiger partial charge < -0.3 is 9.84 Å². The molecule has 0 bridgehead atoms. The number of piperidine rings is 1. The molecule has 1 aliphatic carbocycles. The lowest BCUT2D eigenvalue weighted by molar-refractivity contribution is -0.209. The molecule has 2 unspecified atom stereocenters. The van der Waals surface area contributed by atoms with Crippen LogP contribution in [0.25, 0.3) is 0 Å². The zero-order valence-electron chi connectivity index (χ0n) is 14.8. The van der Waals surface area contributed by atoms with Gasteiger partial charge in [0.25, 0.3) is 0 Å². The monoisotopic (exact) mass is 338 g/mol. The van der Waals surface area contributed by atoms with Gasteiger partial charge in [-0.3, -0.25) is 4.90 Å². The van der Waals surface area contributed by atoms with E-state index in [9.17, 15) is 5.11 Å². The number of likely N-dealkylation sites (tertiary alicyclic amines) is 1. The van der Waals surface area contributed by atoms with Gasteiger partial charge >= 0.3 is 0 Å². The standard InChI is InChI=1S/C18H30N2O2S/c1-5-22-14-10-13(21)18(14)6-8-20(9-7-18)12-16-19-11-15(23-16)17(2,3)4/h11,13-14,21H,5-10,12H2,1-4H3. The number of rotatable bonds is 4. The van der Waals surface area contributed by atoms with Crippen LogP contribution in [0.5, 0.6) is 0 Å². The van der Waals surface area contributed by atoms with Gasteiger partial charge in [0.15, 0.2) is 0 Å². The highest BCUT2D eigenvalue weighted by Crippen LogP contribution is 2.51. The summed E-state index contributed by atoms with van der Waals surface area (Å²) >= 11 is 1.84. The molecule has 1 N–H and O–H groups in total. The molecular weight excluding hydrogens is 308 g/mol. The number of nitrogens with zero attached hydrogens (tertiary/aromatic N) is 2. The third kappa shape index (κ3) is 3.34. The Morgan fingerprint density at radius 1 is 1.39 bits per heavy atom. The Morgan fingerprint density at radius 3 is 2.61 bits per heavy atom. The highest BCUT2D eigenvalue weighted by atomic mass is 32.1. The predicted molar refractivity (Wildman–Crippen MR) is 93.8 cm³/mol. The van der Waals surface area contributed by atoms with E-state index in [1.54, 1.807) is 0 Å². The molecule has 3 rings (SSSR count). The third-order valence-corrected chi connectivity index (χ3v) is 6.96. The summed E-state index contributed by atoms with van der Waals surface area (Å²) in [4.78, 5) is 8.44. The number of aliphatic hydroxyl groups excluding tert-OH is 1. The van der Waals surface area contributed by atoms with Crippen LogP contribution in [-0.4, -0.2) is 46.9 Å². The van der Waals surface area contributed by atoms with Gasteiger partial charge in [-0.15, -0.1) is 11.3 Å². The van der Waals surface area contributed by atoms with Gasteiger partial charge in [0, 0.05) is 29.5 Å². The zero-order chi connectivity index (χ0) is 16.7. The van der Waals surface area contributed by atoms with E-state index in [1.165, 1.54) is 9.88 Å². The first kappa shape index (κ1) is 17.3. The lowest BCUT2D eigenvalue weighted by Crippen LogP contribution is -2.62. The fourth-order valence-corrected chi connectivity index (χ4v) is 4.88. The molecule has 2 fully saturated rings. The average molecular weight is 339 g/mol. The van der Waals surface area contributed by atoms with Crippen LogP contribution < -0.4 is 0 Å². The van der Waals surface area contributed by atoms with Crippen molar-refractivity contribution in [1.29, 1.82) is 0 Å². The fraction of sp³-hybridized carbons (Fsp3) is 0.833. The molecule has 2 aliphatic rings. The van der Waals surface area contributed by atoms with Gasteiger partial charge in [-0.2, -0.15) is 0 Å². The number of ether oxygens (including phenoxy) is 1. The van der Waals surface area contributed by atoms with Crippen LogP contribution in [-0.2, 0) is 16.7 Å². The first-order chi connectivity index (χ1) is 10.8. The molecular formula is C18H30N2O2S. The van der Waals surface area contributed by atoms with Crippen molar-refractivity contribution < 1.29 is 9.84 Å². The van der Waals surface area contributed by atoms with Crippen molar-refractivity contribution in [3.63, 3.8) is 0 Å². The topological polar surface area (TPSA) is 45.6 Å². The summed E-state index contributed by atoms with van der Waals surface area (Å²) in [6.07, 6.45) is 5.01. The molecule has 2 heterocycles. The van der Waals surface area contributed by atoms with E-state index >= 15 is 0 Å². The summed E-state index contributed by atoms with van der Waals surface area (Å²) in [6.45, 7) is 12.5. The molecule has 1 aliphatic heterocycles. The maximum Gasteiger partial charge on any atom is 0.107 e. The second kappa shape index (κ2) is 6.43. The van der Waals surface area contributed by atoms with Crippen LogP contribution >= 0.6 is 11.3 Å². The van der Waals surface area contributed by atoms with Gasteiger partial charge in [0.05, 0.1) is 18.8 Å². The molecule has 23 heavy (non-hydrogen) atoms. The van der Waals surface area contributed by atoms with Gasteiger partial charge in [0.1, 0.15) is 5.01 Å². The second-order valence-electron chi connectivity index (χ2n) is 8.07. The first-order valence-corrected chi connectivity index (χ1v) is 9.64. The van der Waals surface area contributed by atoms with E-state index in [1.807, 2.05) is 24.5 Å². The summed E-state index contributed by atoms with van der Waals surface area (Å²) < 4.78 is 5.85.